The van der Waals surface area contributed by atoms with Crippen LogP contribution in [0.2, 0.25) is 0 Å². The number of nitrogens with zero attached hydrogens (tertiary/aromatic N) is 1. The molecule has 3 aromatic carbocycles. The standard InChI is InChI=1S/C29H32N4O5S2/c1-28(2,3)38-27(34)32-29(4,19-20-11-7-5-8-12-20)31-26-24(30-25(39-26)22-13-9-6-10-14-22)21-15-17-23(18-16-21)33-40(35,36)37/h5-18,31,33H,19H2,1-4H3,(H,32,34)(H,35,36,37)/t29-/m1/s1. The van der Waals surface area contributed by atoms with Gasteiger partial charge < -0.3 is 10.1 Å². The van der Waals surface area contributed by atoms with Gasteiger partial charge >= 0.3 is 16.4 Å². The van der Waals surface area contributed by atoms with Gasteiger partial charge in [0.15, 0.2) is 0 Å². The van der Waals surface area contributed by atoms with Crippen molar-refractivity contribution in [2.24, 2.45) is 0 Å². The summed E-state index contributed by atoms with van der Waals surface area (Å²) in [6.45, 7) is 7.31. The molecule has 210 valence electrons. The number of carbonyl (C=O) groups excluding carboxylic acids is 1. The zero-order chi connectivity index (χ0) is 29.0. The second kappa shape index (κ2) is 11.7. The zero-order valence-electron chi connectivity index (χ0n) is 22.6. The molecule has 40 heavy (non-hydrogen) atoms. The largest absolute Gasteiger partial charge is 0.444 e. The average molecular weight is 581 g/mol. The van der Waals surface area contributed by atoms with E-state index in [0.29, 0.717) is 22.7 Å². The van der Waals surface area contributed by atoms with Crippen LogP contribution in [0.3, 0.4) is 0 Å². The van der Waals surface area contributed by atoms with Crippen LogP contribution in [0.1, 0.15) is 33.3 Å². The normalized spacial score (nSPS) is 13.2. The van der Waals surface area contributed by atoms with Gasteiger partial charge in [-0.1, -0.05) is 84.1 Å². The molecule has 0 saturated heterocycles. The highest BCUT2D eigenvalue weighted by Crippen LogP contribution is 2.40. The summed E-state index contributed by atoms with van der Waals surface area (Å²) in [5.74, 6) is 0. The van der Waals surface area contributed by atoms with E-state index < -0.39 is 27.7 Å². The first-order chi connectivity index (χ1) is 18.8. The Bertz CT molecular complexity index is 1550. The van der Waals surface area contributed by atoms with Gasteiger partial charge in [-0.15, -0.1) is 0 Å². The summed E-state index contributed by atoms with van der Waals surface area (Å²) in [6.07, 6.45) is -0.115. The lowest BCUT2D eigenvalue weighted by Gasteiger charge is -2.34. The quantitative estimate of drug-likeness (QED) is 0.130. The van der Waals surface area contributed by atoms with Crippen molar-refractivity contribution in [2.45, 2.75) is 45.4 Å². The molecule has 0 aliphatic rings. The van der Waals surface area contributed by atoms with Crippen LogP contribution in [-0.4, -0.2) is 35.3 Å². The van der Waals surface area contributed by atoms with Crippen molar-refractivity contribution < 1.29 is 22.5 Å². The molecule has 4 rings (SSSR count). The van der Waals surface area contributed by atoms with Crippen LogP contribution in [0.25, 0.3) is 21.8 Å². The van der Waals surface area contributed by atoms with Gasteiger partial charge in [0.1, 0.15) is 27.0 Å². The van der Waals surface area contributed by atoms with E-state index in [0.717, 1.165) is 16.1 Å². The Hall–Kier alpha value is -3.93. The number of aromatic nitrogens is 1. The number of ether oxygens (including phenoxy) is 1. The maximum atomic E-state index is 12.9. The van der Waals surface area contributed by atoms with Crippen molar-refractivity contribution in [2.75, 3.05) is 10.0 Å². The van der Waals surface area contributed by atoms with Crippen molar-refractivity contribution >= 4 is 38.4 Å². The summed E-state index contributed by atoms with van der Waals surface area (Å²) in [7, 11) is -4.40. The fourth-order valence-corrected chi connectivity index (χ4v) is 5.61. The smallest absolute Gasteiger partial charge is 0.409 e. The monoisotopic (exact) mass is 580 g/mol. The number of hydrogen-bond acceptors (Lipinski definition) is 7. The van der Waals surface area contributed by atoms with E-state index in [1.54, 1.807) is 12.1 Å². The molecule has 0 aliphatic heterocycles. The fourth-order valence-electron chi connectivity index (χ4n) is 4.05. The number of amides is 1. The predicted octanol–water partition coefficient (Wildman–Crippen LogP) is 6.59. The molecule has 1 atom stereocenters. The third-order valence-corrected chi connectivity index (χ3v) is 7.13. The average Bonchev–Trinajstić information content (AvgIpc) is 3.26. The summed E-state index contributed by atoms with van der Waals surface area (Å²) in [5, 5.41) is 7.99. The Morgan fingerprint density at radius 1 is 0.900 bits per heavy atom. The van der Waals surface area contributed by atoms with E-state index in [1.807, 2.05) is 93.1 Å². The molecule has 0 saturated carbocycles. The number of alkyl carbamates (subject to hydrolysis) is 1. The van der Waals surface area contributed by atoms with Crippen molar-refractivity contribution in [1.82, 2.24) is 10.3 Å². The van der Waals surface area contributed by atoms with Crippen LogP contribution >= 0.6 is 11.3 Å². The lowest BCUT2D eigenvalue weighted by Crippen LogP contribution is -2.54. The SMILES string of the molecule is CC(C)(C)OC(=O)N[C@](C)(Cc1ccccc1)Nc1sc(-c2ccccc2)nc1-c1ccc(NS(=O)(=O)O)cc1. The van der Waals surface area contributed by atoms with Gasteiger partial charge in [0.25, 0.3) is 0 Å². The molecule has 1 aromatic heterocycles. The van der Waals surface area contributed by atoms with Gasteiger partial charge in [-0.05, 0) is 45.4 Å². The number of anilines is 2. The van der Waals surface area contributed by atoms with E-state index in [1.165, 1.54) is 23.5 Å². The molecule has 11 heteroatoms. The lowest BCUT2D eigenvalue weighted by molar-refractivity contribution is 0.0476. The first-order valence-electron chi connectivity index (χ1n) is 12.5. The number of carbonyl (C=O) groups is 1. The second-order valence-electron chi connectivity index (χ2n) is 10.5. The van der Waals surface area contributed by atoms with Crippen LogP contribution < -0.4 is 15.4 Å². The first kappa shape index (κ1) is 29.1. The number of hydrogen-bond donors (Lipinski definition) is 4. The molecule has 9 nitrogen and oxygen atoms in total. The van der Waals surface area contributed by atoms with Gasteiger partial charge in [0.05, 0.1) is 5.69 Å². The molecule has 0 unspecified atom stereocenters. The van der Waals surface area contributed by atoms with Crippen molar-refractivity contribution in [3.05, 3.63) is 90.5 Å². The molecule has 0 fully saturated rings. The highest BCUT2D eigenvalue weighted by molar-refractivity contribution is 7.87. The Labute approximate surface area is 238 Å². The number of nitrogens with one attached hydrogen (secondary N) is 3. The lowest BCUT2D eigenvalue weighted by atomic mass is 10.0. The Balaban J connectivity index is 1.74. The fraction of sp³-hybridized carbons (Fsp3) is 0.241. The van der Waals surface area contributed by atoms with E-state index >= 15 is 0 Å². The molecular formula is C29H32N4O5S2. The van der Waals surface area contributed by atoms with Crippen molar-refractivity contribution in [3.63, 3.8) is 0 Å². The summed E-state index contributed by atoms with van der Waals surface area (Å²) >= 11 is 1.43. The van der Waals surface area contributed by atoms with E-state index in [-0.39, 0.29) is 5.69 Å². The highest BCUT2D eigenvalue weighted by Gasteiger charge is 2.31. The first-order valence-corrected chi connectivity index (χ1v) is 14.8. The Morgan fingerprint density at radius 2 is 1.50 bits per heavy atom. The molecule has 1 amide bonds. The maximum Gasteiger partial charge on any atom is 0.409 e. The van der Waals surface area contributed by atoms with Crippen LogP contribution in [0.4, 0.5) is 15.5 Å². The Kier molecular flexibility index (Phi) is 8.48. The van der Waals surface area contributed by atoms with Gasteiger partial charge in [0, 0.05) is 17.5 Å². The van der Waals surface area contributed by atoms with Crippen LogP contribution in [0.5, 0.6) is 0 Å². The summed E-state index contributed by atoms with van der Waals surface area (Å²) in [5.41, 5.74) is 1.82. The molecule has 0 radical (unpaired) electrons. The van der Waals surface area contributed by atoms with E-state index in [4.69, 9.17) is 14.3 Å². The molecular weight excluding hydrogens is 548 g/mol. The van der Waals surface area contributed by atoms with Crippen LogP contribution in [0, 0.1) is 0 Å². The molecule has 1 heterocycles. The predicted molar refractivity (Wildman–Crippen MR) is 160 cm³/mol. The van der Waals surface area contributed by atoms with Gasteiger partial charge in [0.2, 0.25) is 0 Å². The minimum Gasteiger partial charge on any atom is -0.444 e. The summed E-state index contributed by atoms with van der Waals surface area (Å²) in [6, 6.07) is 26.0. The second-order valence-corrected chi connectivity index (χ2v) is 12.6. The van der Waals surface area contributed by atoms with Crippen molar-refractivity contribution in [3.8, 4) is 21.8 Å². The third-order valence-electron chi connectivity index (χ3n) is 5.62. The van der Waals surface area contributed by atoms with Gasteiger partial charge in [-0.25, -0.2) is 9.78 Å². The van der Waals surface area contributed by atoms with Crippen LogP contribution in [0.15, 0.2) is 84.9 Å². The minimum absolute atomic E-state index is 0.208. The Morgan fingerprint density at radius 3 is 2.08 bits per heavy atom. The zero-order valence-corrected chi connectivity index (χ0v) is 24.3. The molecule has 4 N–H and O–H groups in total. The number of thiazole rings is 1. The molecule has 4 aromatic rings. The maximum absolute atomic E-state index is 12.9. The van der Waals surface area contributed by atoms with Gasteiger partial charge in [-0.3, -0.25) is 14.6 Å². The van der Waals surface area contributed by atoms with E-state index in [2.05, 4.69) is 10.6 Å². The number of rotatable bonds is 9. The topological polar surface area (TPSA) is 130 Å². The summed E-state index contributed by atoms with van der Waals surface area (Å²) < 4.78 is 39.2. The minimum atomic E-state index is -4.40. The van der Waals surface area contributed by atoms with Crippen LogP contribution in [-0.2, 0) is 21.5 Å². The third kappa shape index (κ3) is 8.28. The molecule has 0 spiro atoms. The van der Waals surface area contributed by atoms with Crippen molar-refractivity contribution in [1.29, 1.82) is 0 Å². The molecule has 0 bridgehead atoms. The highest BCUT2D eigenvalue weighted by atomic mass is 32.2. The molecule has 0 aliphatic carbocycles. The van der Waals surface area contributed by atoms with Gasteiger partial charge in [-0.2, -0.15) is 8.42 Å². The van der Waals surface area contributed by atoms with E-state index in [9.17, 15) is 13.2 Å². The number of benzene rings is 3. The summed E-state index contributed by atoms with van der Waals surface area (Å²) in [4.78, 5) is 17.8.